The summed E-state index contributed by atoms with van der Waals surface area (Å²) in [6, 6.07) is 5.49. The van der Waals surface area contributed by atoms with Gasteiger partial charge in [0.05, 0.1) is 0 Å². The molecule has 0 aliphatic heterocycles. The summed E-state index contributed by atoms with van der Waals surface area (Å²) in [7, 11) is 0. The fourth-order valence-corrected chi connectivity index (χ4v) is 2.68. The molecule has 0 aromatic heterocycles. The van der Waals surface area contributed by atoms with Crippen LogP contribution >= 0.6 is 0 Å². The fourth-order valence-electron chi connectivity index (χ4n) is 2.68. The second-order valence-electron chi connectivity index (χ2n) is 5.50. The quantitative estimate of drug-likeness (QED) is 0.839. The van der Waals surface area contributed by atoms with Gasteiger partial charge in [0.2, 0.25) is 0 Å². The van der Waals surface area contributed by atoms with E-state index >= 15 is 0 Å². The molecule has 17 heavy (non-hydrogen) atoms. The monoisotopic (exact) mass is 235 g/mol. The summed E-state index contributed by atoms with van der Waals surface area (Å²) in [6.07, 6.45) is 4.05. The van der Waals surface area contributed by atoms with Crippen LogP contribution in [0.5, 0.6) is 0 Å². The number of halogens is 1. The molecule has 1 N–H and O–H groups in total. The van der Waals surface area contributed by atoms with Crippen molar-refractivity contribution in [1.29, 1.82) is 0 Å². The first-order chi connectivity index (χ1) is 8.15. The van der Waals surface area contributed by atoms with Crippen molar-refractivity contribution in [2.24, 2.45) is 11.8 Å². The largest absolute Gasteiger partial charge is 0.312 e. The van der Waals surface area contributed by atoms with E-state index in [1.165, 1.54) is 19.3 Å². The van der Waals surface area contributed by atoms with E-state index in [1.54, 1.807) is 13.0 Å². The van der Waals surface area contributed by atoms with Gasteiger partial charge in [-0.3, -0.25) is 0 Å². The summed E-state index contributed by atoms with van der Waals surface area (Å²) >= 11 is 0. The third-order valence-corrected chi connectivity index (χ3v) is 3.80. The third kappa shape index (κ3) is 3.53. The first-order valence-electron chi connectivity index (χ1n) is 6.61. The van der Waals surface area contributed by atoms with Crippen LogP contribution in [0.15, 0.2) is 18.2 Å². The van der Waals surface area contributed by atoms with Crippen molar-refractivity contribution in [3.05, 3.63) is 35.1 Å². The molecule has 1 aliphatic carbocycles. The highest BCUT2D eigenvalue weighted by Gasteiger charge is 2.20. The van der Waals surface area contributed by atoms with E-state index in [-0.39, 0.29) is 5.82 Å². The van der Waals surface area contributed by atoms with Crippen molar-refractivity contribution in [2.75, 3.05) is 6.54 Å². The Morgan fingerprint density at radius 3 is 2.82 bits per heavy atom. The highest BCUT2D eigenvalue weighted by molar-refractivity contribution is 5.23. The highest BCUT2D eigenvalue weighted by Crippen LogP contribution is 2.29. The summed E-state index contributed by atoms with van der Waals surface area (Å²) in [6.45, 7) is 5.98. The van der Waals surface area contributed by atoms with Crippen molar-refractivity contribution < 1.29 is 4.39 Å². The topological polar surface area (TPSA) is 12.0 Å². The van der Waals surface area contributed by atoms with Crippen molar-refractivity contribution in [2.45, 2.75) is 39.7 Å². The van der Waals surface area contributed by atoms with E-state index in [0.717, 1.165) is 36.1 Å². The molecule has 0 spiro atoms. The molecule has 1 aromatic rings. The first kappa shape index (κ1) is 12.6. The fraction of sp³-hybridized carbons (Fsp3) is 0.600. The highest BCUT2D eigenvalue weighted by atomic mass is 19.1. The Morgan fingerprint density at radius 1 is 1.35 bits per heavy atom. The molecule has 94 valence electrons. The van der Waals surface area contributed by atoms with Crippen LogP contribution in [-0.2, 0) is 6.54 Å². The van der Waals surface area contributed by atoms with E-state index in [1.807, 2.05) is 12.1 Å². The molecule has 0 heterocycles. The maximum atomic E-state index is 13.3. The molecule has 2 unspecified atom stereocenters. The molecule has 0 saturated heterocycles. The van der Waals surface area contributed by atoms with Gasteiger partial charge >= 0.3 is 0 Å². The summed E-state index contributed by atoms with van der Waals surface area (Å²) in [5.74, 6) is 1.61. The van der Waals surface area contributed by atoms with Crippen molar-refractivity contribution in [3.8, 4) is 0 Å². The molecule has 1 aromatic carbocycles. The van der Waals surface area contributed by atoms with Crippen LogP contribution in [0, 0.1) is 24.6 Å². The van der Waals surface area contributed by atoms with Gasteiger partial charge in [-0.05, 0) is 55.3 Å². The van der Waals surface area contributed by atoms with Gasteiger partial charge in [-0.2, -0.15) is 0 Å². The van der Waals surface area contributed by atoms with Crippen LogP contribution in [0.4, 0.5) is 4.39 Å². The van der Waals surface area contributed by atoms with Gasteiger partial charge < -0.3 is 5.32 Å². The van der Waals surface area contributed by atoms with Gasteiger partial charge in [0, 0.05) is 6.54 Å². The number of benzene rings is 1. The number of nitrogens with one attached hydrogen (secondary N) is 1. The maximum Gasteiger partial charge on any atom is 0.126 e. The molecule has 1 saturated carbocycles. The Hall–Kier alpha value is -0.890. The van der Waals surface area contributed by atoms with Crippen molar-refractivity contribution in [1.82, 2.24) is 5.32 Å². The van der Waals surface area contributed by atoms with Crippen molar-refractivity contribution in [3.63, 3.8) is 0 Å². The predicted molar refractivity (Wildman–Crippen MR) is 69.3 cm³/mol. The third-order valence-electron chi connectivity index (χ3n) is 3.80. The van der Waals surface area contributed by atoms with Gasteiger partial charge in [0.15, 0.2) is 0 Å². The lowest BCUT2D eigenvalue weighted by Gasteiger charge is -2.11. The molecule has 1 aliphatic rings. The van der Waals surface area contributed by atoms with E-state index in [4.69, 9.17) is 0 Å². The van der Waals surface area contributed by atoms with E-state index in [9.17, 15) is 4.39 Å². The second kappa shape index (κ2) is 5.63. The molecular formula is C15H22FN. The van der Waals surface area contributed by atoms with Crippen molar-refractivity contribution >= 4 is 0 Å². The molecule has 2 atom stereocenters. The molecule has 0 bridgehead atoms. The van der Waals surface area contributed by atoms with Gasteiger partial charge in [0.25, 0.3) is 0 Å². The summed E-state index contributed by atoms with van der Waals surface area (Å²) < 4.78 is 13.3. The summed E-state index contributed by atoms with van der Waals surface area (Å²) in [5.41, 5.74) is 1.76. The summed E-state index contributed by atoms with van der Waals surface area (Å²) in [4.78, 5) is 0. The van der Waals surface area contributed by atoms with Crippen LogP contribution in [0.25, 0.3) is 0 Å². The Bertz CT molecular complexity index is 375. The molecular weight excluding hydrogens is 213 g/mol. The average Bonchev–Trinajstić information content (AvgIpc) is 2.70. The van der Waals surface area contributed by atoms with Gasteiger partial charge in [-0.25, -0.2) is 4.39 Å². The Balaban J connectivity index is 1.76. The molecule has 2 rings (SSSR count). The zero-order valence-electron chi connectivity index (χ0n) is 10.8. The van der Waals surface area contributed by atoms with Crippen LogP contribution in [0.2, 0.25) is 0 Å². The second-order valence-corrected chi connectivity index (χ2v) is 5.50. The first-order valence-corrected chi connectivity index (χ1v) is 6.61. The zero-order valence-corrected chi connectivity index (χ0v) is 10.8. The van der Waals surface area contributed by atoms with E-state index in [2.05, 4.69) is 12.2 Å². The SMILES string of the molecule is Cc1ccc(CNCC2CCC(C)C2)cc1F. The average molecular weight is 235 g/mol. The van der Waals surface area contributed by atoms with Crippen LogP contribution in [0.3, 0.4) is 0 Å². The normalized spacial score (nSPS) is 24.2. The lowest BCUT2D eigenvalue weighted by Crippen LogP contribution is -2.21. The number of hydrogen-bond donors (Lipinski definition) is 1. The summed E-state index contributed by atoms with van der Waals surface area (Å²) in [5, 5.41) is 3.44. The van der Waals surface area contributed by atoms with Crippen LogP contribution < -0.4 is 5.32 Å². The Morgan fingerprint density at radius 2 is 2.18 bits per heavy atom. The van der Waals surface area contributed by atoms with E-state index in [0.29, 0.717) is 0 Å². The van der Waals surface area contributed by atoms with Gasteiger partial charge in [-0.1, -0.05) is 25.5 Å². The lowest BCUT2D eigenvalue weighted by molar-refractivity contribution is 0.470. The maximum absolute atomic E-state index is 13.3. The molecule has 0 radical (unpaired) electrons. The number of hydrogen-bond acceptors (Lipinski definition) is 1. The molecule has 0 amide bonds. The molecule has 1 fully saturated rings. The lowest BCUT2D eigenvalue weighted by atomic mass is 10.1. The van der Waals surface area contributed by atoms with E-state index < -0.39 is 0 Å². The molecule has 2 heteroatoms. The van der Waals surface area contributed by atoms with Crippen LogP contribution in [0.1, 0.15) is 37.3 Å². The minimum atomic E-state index is -0.0983. The smallest absolute Gasteiger partial charge is 0.126 e. The standard InChI is InChI=1S/C15H22FN/c1-11-3-5-13(7-11)9-17-10-14-6-4-12(2)15(16)8-14/h4,6,8,11,13,17H,3,5,7,9-10H2,1-2H3. The molecule has 1 nitrogen and oxygen atoms in total. The number of aryl methyl sites for hydroxylation is 1. The number of rotatable bonds is 4. The van der Waals surface area contributed by atoms with Crippen LogP contribution in [-0.4, -0.2) is 6.54 Å². The Kier molecular flexibility index (Phi) is 4.16. The minimum Gasteiger partial charge on any atom is -0.312 e. The van der Waals surface area contributed by atoms with Gasteiger partial charge in [0.1, 0.15) is 5.82 Å². The minimum absolute atomic E-state index is 0.0983. The zero-order chi connectivity index (χ0) is 12.3. The van der Waals surface area contributed by atoms with Gasteiger partial charge in [-0.15, -0.1) is 0 Å². The predicted octanol–water partition coefficient (Wildman–Crippen LogP) is 3.66. The Labute approximate surface area is 103 Å².